The highest BCUT2D eigenvalue weighted by atomic mass is 35.5. The molecule has 0 aliphatic heterocycles. The lowest BCUT2D eigenvalue weighted by Gasteiger charge is -2.12. The number of halogens is 2. The normalized spacial score (nSPS) is 10.4. The van der Waals surface area contributed by atoms with Crippen LogP contribution in [0.3, 0.4) is 0 Å². The van der Waals surface area contributed by atoms with Crippen molar-refractivity contribution >= 4 is 17.3 Å². The number of anilines is 1. The minimum absolute atomic E-state index is 0.310. The SMILES string of the molecule is Cc1cccc(NCc2ccc(F)cc2Cl)c1C. The maximum atomic E-state index is 12.9. The topological polar surface area (TPSA) is 12.0 Å². The van der Waals surface area contributed by atoms with Gasteiger partial charge in [-0.05, 0) is 48.7 Å². The fourth-order valence-corrected chi connectivity index (χ4v) is 2.03. The van der Waals surface area contributed by atoms with E-state index in [1.165, 1.54) is 23.3 Å². The van der Waals surface area contributed by atoms with Gasteiger partial charge in [0.1, 0.15) is 5.82 Å². The van der Waals surface area contributed by atoms with Crippen LogP contribution in [-0.4, -0.2) is 0 Å². The second kappa shape index (κ2) is 5.40. The third kappa shape index (κ3) is 2.82. The molecule has 0 unspecified atom stereocenters. The average Bonchev–Trinajstić information content (AvgIpc) is 2.33. The minimum atomic E-state index is -0.310. The first-order chi connectivity index (χ1) is 8.58. The highest BCUT2D eigenvalue weighted by molar-refractivity contribution is 6.31. The fourth-order valence-electron chi connectivity index (χ4n) is 1.80. The zero-order valence-electron chi connectivity index (χ0n) is 10.4. The van der Waals surface area contributed by atoms with Crippen molar-refractivity contribution in [2.45, 2.75) is 20.4 Å². The first-order valence-electron chi connectivity index (χ1n) is 5.82. The van der Waals surface area contributed by atoms with Crippen LogP contribution in [0.1, 0.15) is 16.7 Å². The quantitative estimate of drug-likeness (QED) is 0.846. The molecule has 0 saturated heterocycles. The second-order valence-electron chi connectivity index (χ2n) is 4.34. The Balaban J connectivity index is 2.14. The van der Waals surface area contributed by atoms with Crippen molar-refractivity contribution in [1.82, 2.24) is 0 Å². The van der Waals surface area contributed by atoms with Gasteiger partial charge < -0.3 is 5.32 Å². The Kier molecular flexibility index (Phi) is 3.87. The Morgan fingerprint density at radius 1 is 1.17 bits per heavy atom. The smallest absolute Gasteiger partial charge is 0.124 e. The van der Waals surface area contributed by atoms with Gasteiger partial charge in [0, 0.05) is 17.3 Å². The maximum Gasteiger partial charge on any atom is 0.124 e. The zero-order chi connectivity index (χ0) is 13.1. The molecule has 1 N–H and O–H groups in total. The van der Waals surface area contributed by atoms with Gasteiger partial charge >= 0.3 is 0 Å². The summed E-state index contributed by atoms with van der Waals surface area (Å²) < 4.78 is 12.9. The van der Waals surface area contributed by atoms with Crippen molar-refractivity contribution in [2.75, 3.05) is 5.32 Å². The molecule has 0 aromatic heterocycles. The lowest BCUT2D eigenvalue weighted by atomic mass is 10.1. The Morgan fingerprint density at radius 3 is 2.67 bits per heavy atom. The van der Waals surface area contributed by atoms with Gasteiger partial charge in [0.25, 0.3) is 0 Å². The molecule has 3 heteroatoms. The van der Waals surface area contributed by atoms with Crippen LogP contribution in [0.2, 0.25) is 5.02 Å². The van der Waals surface area contributed by atoms with Crippen LogP contribution >= 0.6 is 11.6 Å². The Hall–Kier alpha value is -1.54. The van der Waals surface area contributed by atoms with E-state index in [9.17, 15) is 4.39 Å². The van der Waals surface area contributed by atoms with E-state index in [2.05, 4.69) is 25.2 Å². The second-order valence-corrected chi connectivity index (χ2v) is 4.74. The summed E-state index contributed by atoms with van der Waals surface area (Å²) in [7, 11) is 0. The number of aryl methyl sites for hydroxylation is 1. The Morgan fingerprint density at radius 2 is 1.94 bits per heavy atom. The third-order valence-electron chi connectivity index (χ3n) is 3.09. The summed E-state index contributed by atoms with van der Waals surface area (Å²) in [6.07, 6.45) is 0. The molecule has 1 nitrogen and oxygen atoms in total. The Labute approximate surface area is 112 Å². The number of nitrogens with one attached hydrogen (secondary N) is 1. The Bertz CT molecular complexity index is 566. The molecule has 0 heterocycles. The van der Waals surface area contributed by atoms with Gasteiger partial charge in [-0.25, -0.2) is 4.39 Å². The van der Waals surface area contributed by atoms with Crippen LogP contribution in [-0.2, 0) is 6.54 Å². The van der Waals surface area contributed by atoms with Crippen LogP contribution < -0.4 is 5.32 Å². The van der Waals surface area contributed by atoms with Gasteiger partial charge in [-0.3, -0.25) is 0 Å². The molecule has 18 heavy (non-hydrogen) atoms. The van der Waals surface area contributed by atoms with Crippen molar-refractivity contribution in [3.05, 3.63) is 63.9 Å². The molecule has 2 aromatic carbocycles. The van der Waals surface area contributed by atoms with E-state index >= 15 is 0 Å². The van der Waals surface area contributed by atoms with Gasteiger partial charge in [0.05, 0.1) is 0 Å². The van der Waals surface area contributed by atoms with Crippen molar-refractivity contribution in [1.29, 1.82) is 0 Å². The minimum Gasteiger partial charge on any atom is -0.381 e. The van der Waals surface area contributed by atoms with E-state index in [0.717, 1.165) is 11.3 Å². The molecule has 2 rings (SSSR count). The van der Waals surface area contributed by atoms with E-state index in [-0.39, 0.29) is 5.82 Å². The summed E-state index contributed by atoms with van der Waals surface area (Å²) in [5.41, 5.74) is 4.43. The summed E-state index contributed by atoms with van der Waals surface area (Å²) in [5, 5.41) is 3.78. The molecule has 0 atom stereocenters. The third-order valence-corrected chi connectivity index (χ3v) is 3.44. The summed E-state index contributed by atoms with van der Waals surface area (Å²) in [6.45, 7) is 4.73. The molecule has 0 aliphatic rings. The molecular weight excluding hydrogens is 249 g/mol. The zero-order valence-corrected chi connectivity index (χ0v) is 11.2. The molecule has 0 saturated carbocycles. The monoisotopic (exact) mass is 263 g/mol. The van der Waals surface area contributed by atoms with Crippen molar-refractivity contribution in [3.8, 4) is 0 Å². The molecule has 94 valence electrons. The van der Waals surface area contributed by atoms with Crippen molar-refractivity contribution < 1.29 is 4.39 Å². The van der Waals surface area contributed by atoms with Gasteiger partial charge in [0.15, 0.2) is 0 Å². The highest BCUT2D eigenvalue weighted by Gasteiger charge is 2.04. The van der Waals surface area contributed by atoms with Gasteiger partial charge in [0.2, 0.25) is 0 Å². The predicted molar refractivity (Wildman–Crippen MR) is 74.7 cm³/mol. The van der Waals surface area contributed by atoms with Crippen molar-refractivity contribution in [3.63, 3.8) is 0 Å². The maximum absolute atomic E-state index is 12.9. The van der Waals surface area contributed by atoms with Crippen LogP contribution in [0, 0.1) is 19.7 Å². The first kappa shape index (κ1) is 12.9. The van der Waals surface area contributed by atoms with E-state index in [1.807, 2.05) is 12.1 Å². The van der Waals surface area contributed by atoms with Gasteiger partial charge in [-0.2, -0.15) is 0 Å². The lowest BCUT2D eigenvalue weighted by molar-refractivity contribution is 0.627. The molecule has 2 aromatic rings. The van der Waals surface area contributed by atoms with Crippen LogP contribution in [0.4, 0.5) is 10.1 Å². The van der Waals surface area contributed by atoms with E-state index < -0.39 is 0 Å². The molecule has 0 fully saturated rings. The van der Waals surface area contributed by atoms with E-state index in [0.29, 0.717) is 11.6 Å². The predicted octanol–water partition coefficient (Wildman–Crippen LogP) is 4.71. The van der Waals surface area contributed by atoms with E-state index in [4.69, 9.17) is 11.6 Å². The molecule has 0 spiro atoms. The van der Waals surface area contributed by atoms with Gasteiger partial charge in [-0.15, -0.1) is 0 Å². The standard InChI is InChI=1S/C15H15ClFN/c1-10-4-3-5-15(11(10)2)18-9-12-6-7-13(17)8-14(12)16/h3-8,18H,9H2,1-2H3. The summed E-state index contributed by atoms with van der Waals surface area (Å²) in [6, 6.07) is 10.6. The highest BCUT2D eigenvalue weighted by Crippen LogP contribution is 2.21. The molecule has 0 bridgehead atoms. The number of benzene rings is 2. The summed E-state index contributed by atoms with van der Waals surface area (Å²) >= 11 is 5.99. The summed E-state index contributed by atoms with van der Waals surface area (Å²) in [4.78, 5) is 0. The number of hydrogen-bond acceptors (Lipinski definition) is 1. The largest absolute Gasteiger partial charge is 0.381 e. The van der Waals surface area contributed by atoms with Crippen molar-refractivity contribution in [2.24, 2.45) is 0 Å². The number of rotatable bonds is 3. The average molecular weight is 264 g/mol. The van der Waals surface area contributed by atoms with Crippen LogP contribution in [0.25, 0.3) is 0 Å². The molecule has 0 amide bonds. The summed E-state index contributed by atoms with van der Waals surface area (Å²) in [5.74, 6) is -0.310. The molecule has 0 radical (unpaired) electrons. The first-order valence-corrected chi connectivity index (χ1v) is 6.20. The van der Waals surface area contributed by atoms with Gasteiger partial charge in [-0.1, -0.05) is 29.8 Å². The van der Waals surface area contributed by atoms with E-state index in [1.54, 1.807) is 6.07 Å². The van der Waals surface area contributed by atoms with Crippen LogP contribution in [0.15, 0.2) is 36.4 Å². The number of hydrogen-bond donors (Lipinski definition) is 1. The fraction of sp³-hybridized carbons (Fsp3) is 0.200. The lowest BCUT2D eigenvalue weighted by Crippen LogP contribution is -2.02. The molecular formula is C15H15ClFN. The van der Waals surface area contributed by atoms with Crippen LogP contribution in [0.5, 0.6) is 0 Å². The molecule has 0 aliphatic carbocycles.